The summed E-state index contributed by atoms with van der Waals surface area (Å²) in [5, 5.41) is 11.4. The number of hydrogen-bond acceptors (Lipinski definition) is 5. The summed E-state index contributed by atoms with van der Waals surface area (Å²) >= 11 is 0. The van der Waals surface area contributed by atoms with E-state index in [9.17, 15) is 14.4 Å². The summed E-state index contributed by atoms with van der Waals surface area (Å²) < 4.78 is 9.70. The summed E-state index contributed by atoms with van der Waals surface area (Å²) in [4.78, 5) is 33.8. The molecule has 1 aliphatic rings. The fraction of sp³-hybridized carbons (Fsp3) is 0.750. The van der Waals surface area contributed by atoms with Crippen LogP contribution in [0.5, 0.6) is 0 Å². The molecule has 1 unspecified atom stereocenters. The molecule has 1 aliphatic heterocycles. The molecule has 0 spiro atoms. The number of carbonyl (C=O) groups excluding carboxylic acids is 2. The Balaban J connectivity index is 2.45. The molecule has 1 rings (SSSR count). The lowest BCUT2D eigenvalue weighted by atomic mass is 10.1. The van der Waals surface area contributed by atoms with Crippen molar-refractivity contribution < 1.29 is 29.0 Å². The van der Waals surface area contributed by atoms with Crippen LogP contribution in [-0.2, 0) is 23.9 Å². The van der Waals surface area contributed by atoms with Gasteiger partial charge in [-0.15, -0.1) is 0 Å². The molecule has 0 aromatic heterocycles. The third kappa shape index (κ3) is 5.25. The molecule has 0 aromatic carbocycles. The van der Waals surface area contributed by atoms with Crippen LogP contribution in [0.3, 0.4) is 0 Å². The van der Waals surface area contributed by atoms with Crippen molar-refractivity contribution in [2.24, 2.45) is 0 Å². The minimum atomic E-state index is -1.17. The summed E-state index contributed by atoms with van der Waals surface area (Å²) in [6, 6.07) is -1.10. The topological polar surface area (TPSA) is 102 Å². The van der Waals surface area contributed by atoms with Gasteiger partial charge in [0.1, 0.15) is 12.1 Å². The van der Waals surface area contributed by atoms with Crippen LogP contribution in [0.1, 0.15) is 32.1 Å². The van der Waals surface area contributed by atoms with Gasteiger partial charge < -0.3 is 19.9 Å². The highest BCUT2D eigenvalue weighted by Crippen LogP contribution is 2.13. The van der Waals surface area contributed by atoms with Crippen molar-refractivity contribution in [2.45, 2.75) is 44.2 Å². The molecular formula is C12H19NO6. The third-order valence-electron chi connectivity index (χ3n) is 2.95. The third-order valence-corrected chi connectivity index (χ3v) is 2.95. The predicted molar refractivity (Wildman–Crippen MR) is 64.4 cm³/mol. The number of carbonyl (C=O) groups is 3. The van der Waals surface area contributed by atoms with E-state index in [0.717, 1.165) is 12.8 Å². The zero-order chi connectivity index (χ0) is 14.3. The molecule has 0 bridgehead atoms. The Kier molecular flexibility index (Phi) is 6.27. The highest BCUT2D eigenvalue weighted by molar-refractivity contribution is 5.86. The molecule has 0 aliphatic carbocycles. The SMILES string of the molecule is COC(=O)CC[C@H](NC(=O)C1CCCCO1)C(=O)O. The lowest BCUT2D eigenvalue weighted by molar-refractivity contribution is -0.146. The predicted octanol–water partition coefficient (Wildman–Crippen LogP) is 0.0781. The molecule has 19 heavy (non-hydrogen) atoms. The maximum absolute atomic E-state index is 11.8. The second kappa shape index (κ2) is 7.73. The average Bonchev–Trinajstić information content (AvgIpc) is 2.43. The van der Waals surface area contributed by atoms with Crippen molar-refractivity contribution in [3.8, 4) is 0 Å². The molecule has 7 heteroatoms. The fourth-order valence-electron chi connectivity index (χ4n) is 1.83. The molecule has 108 valence electrons. The van der Waals surface area contributed by atoms with Gasteiger partial charge in [0.05, 0.1) is 7.11 Å². The minimum Gasteiger partial charge on any atom is -0.480 e. The summed E-state index contributed by atoms with van der Waals surface area (Å²) in [5.41, 5.74) is 0. The maximum atomic E-state index is 11.8. The molecule has 1 fully saturated rings. The Hall–Kier alpha value is -1.63. The van der Waals surface area contributed by atoms with Gasteiger partial charge in [0.2, 0.25) is 5.91 Å². The number of hydrogen-bond donors (Lipinski definition) is 2. The number of methoxy groups -OCH3 is 1. The maximum Gasteiger partial charge on any atom is 0.326 e. The molecule has 7 nitrogen and oxygen atoms in total. The molecular weight excluding hydrogens is 254 g/mol. The average molecular weight is 273 g/mol. The lowest BCUT2D eigenvalue weighted by Gasteiger charge is -2.23. The van der Waals surface area contributed by atoms with Crippen LogP contribution in [0.15, 0.2) is 0 Å². The van der Waals surface area contributed by atoms with Crippen LogP contribution in [0.4, 0.5) is 0 Å². The monoisotopic (exact) mass is 273 g/mol. The first-order valence-electron chi connectivity index (χ1n) is 6.26. The number of aliphatic carboxylic acids is 1. The molecule has 2 atom stereocenters. The van der Waals surface area contributed by atoms with Crippen molar-refractivity contribution in [2.75, 3.05) is 13.7 Å². The van der Waals surface area contributed by atoms with Gasteiger partial charge in [-0.1, -0.05) is 0 Å². The largest absolute Gasteiger partial charge is 0.480 e. The van der Waals surface area contributed by atoms with E-state index in [2.05, 4.69) is 10.1 Å². The van der Waals surface area contributed by atoms with Gasteiger partial charge in [-0.25, -0.2) is 4.79 Å². The molecule has 0 saturated carbocycles. The number of nitrogens with one attached hydrogen (secondary N) is 1. The van der Waals surface area contributed by atoms with Crippen LogP contribution < -0.4 is 5.32 Å². The van der Waals surface area contributed by atoms with Crippen LogP contribution in [-0.4, -0.2) is 48.8 Å². The first kappa shape index (κ1) is 15.4. The van der Waals surface area contributed by atoms with Gasteiger partial charge >= 0.3 is 11.9 Å². The molecule has 2 N–H and O–H groups in total. The number of esters is 1. The van der Waals surface area contributed by atoms with E-state index < -0.39 is 30.0 Å². The number of rotatable bonds is 6. The summed E-state index contributed by atoms with van der Waals surface area (Å²) in [5.74, 6) is -2.11. The Morgan fingerprint density at radius 1 is 1.42 bits per heavy atom. The smallest absolute Gasteiger partial charge is 0.326 e. The summed E-state index contributed by atoms with van der Waals surface area (Å²) in [6.45, 7) is 0.512. The van der Waals surface area contributed by atoms with Gasteiger partial charge in [0.25, 0.3) is 0 Å². The fourth-order valence-corrected chi connectivity index (χ4v) is 1.83. The Bertz CT molecular complexity index is 337. The van der Waals surface area contributed by atoms with E-state index in [1.807, 2.05) is 0 Å². The molecule has 1 saturated heterocycles. The molecule has 0 radical (unpaired) electrons. The van der Waals surface area contributed by atoms with E-state index >= 15 is 0 Å². The van der Waals surface area contributed by atoms with Crippen molar-refractivity contribution in [3.63, 3.8) is 0 Å². The van der Waals surface area contributed by atoms with Crippen LogP contribution >= 0.6 is 0 Å². The lowest BCUT2D eigenvalue weighted by Crippen LogP contribution is -2.47. The Morgan fingerprint density at radius 2 is 2.16 bits per heavy atom. The minimum absolute atomic E-state index is 0.000463. The number of carboxylic acids is 1. The Labute approximate surface area is 111 Å². The second-order valence-corrected chi connectivity index (χ2v) is 4.37. The highest BCUT2D eigenvalue weighted by atomic mass is 16.5. The van der Waals surface area contributed by atoms with Gasteiger partial charge in [-0.3, -0.25) is 9.59 Å². The Morgan fingerprint density at radius 3 is 2.68 bits per heavy atom. The first-order chi connectivity index (χ1) is 9.04. The van der Waals surface area contributed by atoms with Crippen molar-refractivity contribution >= 4 is 17.8 Å². The quantitative estimate of drug-likeness (QED) is 0.664. The standard InChI is InChI=1S/C12H19NO6/c1-18-10(14)6-5-8(12(16)17)13-11(15)9-4-2-3-7-19-9/h8-9H,2-7H2,1H3,(H,13,15)(H,16,17)/t8-,9?/m0/s1. The van der Waals surface area contributed by atoms with E-state index in [4.69, 9.17) is 9.84 Å². The van der Waals surface area contributed by atoms with Crippen LogP contribution in [0.2, 0.25) is 0 Å². The molecule has 1 amide bonds. The van der Waals surface area contributed by atoms with E-state index in [1.165, 1.54) is 7.11 Å². The van der Waals surface area contributed by atoms with Crippen LogP contribution in [0, 0.1) is 0 Å². The van der Waals surface area contributed by atoms with Gasteiger partial charge in [-0.05, 0) is 25.7 Å². The van der Waals surface area contributed by atoms with Gasteiger partial charge in [0.15, 0.2) is 0 Å². The molecule has 0 aromatic rings. The van der Waals surface area contributed by atoms with Gasteiger partial charge in [0, 0.05) is 13.0 Å². The van der Waals surface area contributed by atoms with E-state index in [-0.39, 0.29) is 12.8 Å². The first-order valence-corrected chi connectivity index (χ1v) is 6.26. The normalized spacial score (nSPS) is 20.4. The second-order valence-electron chi connectivity index (χ2n) is 4.37. The van der Waals surface area contributed by atoms with Crippen molar-refractivity contribution in [3.05, 3.63) is 0 Å². The number of amides is 1. The summed E-state index contributed by atoms with van der Waals surface area (Å²) in [6.07, 6.45) is 1.75. The zero-order valence-electron chi connectivity index (χ0n) is 10.9. The van der Waals surface area contributed by atoms with E-state index in [1.54, 1.807) is 0 Å². The van der Waals surface area contributed by atoms with Gasteiger partial charge in [-0.2, -0.15) is 0 Å². The molecule has 1 heterocycles. The van der Waals surface area contributed by atoms with Crippen LogP contribution in [0.25, 0.3) is 0 Å². The van der Waals surface area contributed by atoms with Crippen molar-refractivity contribution in [1.29, 1.82) is 0 Å². The number of carboxylic acid groups (broad SMARTS) is 1. The van der Waals surface area contributed by atoms with E-state index in [0.29, 0.717) is 13.0 Å². The number of ether oxygens (including phenoxy) is 2. The highest BCUT2D eigenvalue weighted by Gasteiger charge is 2.27. The zero-order valence-corrected chi connectivity index (χ0v) is 10.9. The summed E-state index contributed by atoms with van der Waals surface area (Å²) in [7, 11) is 1.23. The van der Waals surface area contributed by atoms with Crippen molar-refractivity contribution in [1.82, 2.24) is 5.32 Å².